The summed E-state index contributed by atoms with van der Waals surface area (Å²) in [5.74, 6) is 1.25. The van der Waals surface area contributed by atoms with Gasteiger partial charge in [-0.05, 0) is 18.2 Å². The summed E-state index contributed by atoms with van der Waals surface area (Å²) in [6, 6.07) is 5.94. The zero-order valence-electron chi connectivity index (χ0n) is 13.3. The van der Waals surface area contributed by atoms with E-state index in [9.17, 15) is 14.9 Å². The van der Waals surface area contributed by atoms with E-state index in [2.05, 4.69) is 15.5 Å². The predicted octanol–water partition coefficient (Wildman–Crippen LogP) is 3.07. The Bertz CT molecular complexity index is 940. The Balaban J connectivity index is 1.84. The Morgan fingerprint density at radius 1 is 1.46 bits per heavy atom. The van der Waals surface area contributed by atoms with Crippen molar-refractivity contribution in [1.29, 1.82) is 0 Å². The second-order valence-corrected chi connectivity index (χ2v) is 6.32. The van der Waals surface area contributed by atoms with Crippen LogP contribution in [0.25, 0.3) is 11.3 Å². The van der Waals surface area contributed by atoms with Gasteiger partial charge in [0.15, 0.2) is 5.17 Å². The van der Waals surface area contributed by atoms with E-state index < -0.39 is 4.92 Å². The van der Waals surface area contributed by atoms with Gasteiger partial charge in [0.2, 0.25) is 5.91 Å². The standard InChI is InChI=1S/C15H11ClN4O5S/c1-24-13-5-11(20(22)23)10(16)4-9(13)12-3-2-8(25-12)6-17-19-15-18-14(21)7-26-15/h2-6H,7H2,1H3,(H,18,19,21)/b17-6-. The maximum atomic E-state index is 11.1. The lowest BCUT2D eigenvalue weighted by Gasteiger charge is -2.07. The smallest absolute Gasteiger partial charge is 0.291 e. The van der Waals surface area contributed by atoms with Crippen LogP contribution in [-0.2, 0) is 4.79 Å². The molecule has 3 rings (SSSR count). The van der Waals surface area contributed by atoms with Crippen molar-refractivity contribution >= 4 is 46.3 Å². The molecule has 0 unspecified atom stereocenters. The number of furan rings is 1. The maximum absolute atomic E-state index is 11.1. The SMILES string of the molecule is COc1cc([N+](=O)[O-])c(Cl)cc1-c1ccc(/C=N\N=C2NC(=O)CS2)o1. The normalized spacial score (nSPS) is 15.6. The first kappa shape index (κ1) is 18.0. The van der Waals surface area contributed by atoms with Crippen molar-refractivity contribution in [2.75, 3.05) is 12.9 Å². The number of nitrogens with zero attached hydrogens (tertiary/aromatic N) is 3. The zero-order chi connectivity index (χ0) is 18.7. The molecule has 0 bridgehead atoms. The molecule has 0 spiro atoms. The molecular weight excluding hydrogens is 384 g/mol. The van der Waals surface area contributed by atoms with E-state index in [0.29, 0.717) is 28.0 Å². The van der Waals surface area contributed by atoms with Crippen LogP contribution in [0.2, 0.25) is 5.02 Å². The molecule has 11 heteroatoms. The molecule has 1 aromatic carbocycles. The molecule has 1 aromatic heterocycles. The first-order valence-corrected chi connectivity index (χ1v) is 8.50. The van der Waals surface area contributed by atoms with E-state index in [1.807, 2.05) is 0 Å². The number of thioether (sulfide) groups is 1. The quantitative estimate of drug-likeness (QED) is 0.472. The zero-order valence-corrected chi connectivity index (χ0v) is 14.8. The van der Waals surface area contributed by atoms with Crippen LogP contribution in [0.4, 0.5) is 5.69 Å². The number of nitrogens with one attached hydrogen (secondary N) is 1. The number of methoxy groups -OCH3 is 1. The largest absolute Gasteiger partial charge is 0.496 e. The van der Waals surface area contributed by atoms with Gasteiger partial charge in [-0.3, -0.25) is 14.9 Å². The highest BCUT2D eigenvalue weighted by molar-refractivity contribution is 8.15. The van der Waals surface area contributed by atoms with E-state index in [-0.39, 0.29) is 22.4 Å². The van der Waals surface area contributed by atoms with E-state index in [0.717, 1.165) is 0 Å². The van der Waals surface area contributed by atoms with Crippen molar-refractivity contribution in [3.8, 4) is 17.1 Å². The Labute approximate surface area is 156 Å². The van der Waals surface area contributed by atoms with Crippen molar-refractivity contribution in [1.82, 2.24) is 5.32 Å². The predicted molar refractivity (Wildman–Crippen MR) is 98.0 cm³/mol. The van der Waals surface area contributed by atoms with Gasteiger partial charge < -0.3 is 14.5 Å². The summed E-state index contributed by atoms with van der Waals surface area (Å²) in [5, 5.41) is 21.6. The number of amidine groups is 1. The Hall–Kier alpha value is -2.85. The van der Waals surface area contributed by atoms with Gasteiger partial charge >= 0.3 is 0 Å². The number of amides is 1. The Kier molecular flexibility index (Phi) is 5.24. The third-order valence-corrected chi connectivity index (χ3v) is 4.44. The number of halogens is 1. The molecular formula is C15H11ClN4O5S. The van der Waals surface area contributed by atoms with Crippen molar-refractivity contribution in [2.24, 2.45) is 10.2 Å². The summed E-state index contributed by atoms with van der Waals surface area (Å²) >= 11 is 7.21. The fraction of sp³-hybridized carbons (Fsp3) is 0.133. The Morgan fingerprint density at radius 3 is 2.92 bits per heavy atom. The minimum Gasteiger partial charge on any atom is -0.496 e. The highest BCUT2D eigenvalue weighted by Crippen LogP contribution is 2.38. The number of hydrogen-bond acceptors (Lipinski definition) is 8. The van der Waals surface area contributed by atoms with Crippen LogP contribution in [0.5, 0.6) is 5.75 Å². The molecule has 1 aliphatic rings. The van der Waals surface area contributed by atoms with Gasteiger partial charge in [0, 0.05) is 0 Å². The molecule has 1 N–H and O–H groups in total. The van der Waals surface area contributed by atoms with Gasteiger partial charge in [-0.15, -0.1) is 5.10 Å². The van der Waals surface area contributed by atoms with Crippen LogP contribution in [0.3, 0.4) is 0 Å². The van der Waals surface area contributed by atoms with Gasteiger partial charge in [-0.2, -0.15) is 5.10 Å². The minimum atomic E-state index is -0.589. The van der Waals surface area contributed by atoms with Gasteiger partial charge in [0.1, 0.15) is 22.3 Å². The lowest BCUT2D eigenvalue weighted by molar-refractivity contribution is -0.384. The number of hydrogen-bond donors (Lipinski definition) is 1. The number of benzene rings is 1. The second-order valence-electron chi connectivity index (χ2n) is 4.95. The fourth-order valence-electron chi connectivity index (χ4n) is 2.13. The lowest BCUT2D eigenvalue weighted by Crippen LogP contribution is -2.19. The van der Waals surface area contributed by atoms with Crippen LogP contribution in [-0.4, -0.2) is 35.1 Å². The van der Waals surface area contributed by atoms with E-state index >= 15 is 0 Å². The van der Waals surface area contributed by atoms with Crippen LogP contribution in [0.1, 0.15) is 5.76 Å². The molecule has 134 valence electrons. The molecule has 0 aliphatic carbocycles. The molecule has 1 aliphatic heterocycles. The first-order chi connectivity index (χ1) is 12.5. The average Bonchev–Trinajstić information content (AvgIpc) is 3.23. The molecule has 1 fully saturated rings. The van der Waals surface area contributed by atoms with Crippen molar-refractivity contribution in [3.05, 3.63) is 45.2 Å². The van der Waals surface area contributed by atoms with E-state index in [1.54, 1.807) is 12.1 Å². The summed E-state index contributed by atoms with van der Waals surface area (Å²) < 4.78 is 10.8. The van der Waals surface area contributed by atoms with Crippen LogP contribution < -0.4 is 10.1 Å². The molecule has 1 saturated heterocycles. The average molecular weight is 395 g/mol. The summed E-state index contributed by atoms with van der Waals surface area (Å²) in [5.41, 5.74) is 0.209. The van der Waals surface area contributed by atoms with Gasteiger partial charge in [0.05, 0.1) is 35.6 Å². The van der Waals surface area contributed by atoms with Gasteiger partial charge in [0.25, 0.3) is 5.69 Å². The van der Waals surface area contributed by atoms with Crippen LogP contribution in [0.15, 0.2) is 38.9 Å². The highest BCUT2D eigenvalue weighted by atomic mass is 35.5. The topological polar surface area (TPSA) is 119 Å². The fourth-order valence-corrected chi connectivity index (χ4v) is 2.99. The molecule has 0 atom stereocenters. The van der Waals surface area contributed by atoms with Crippen molar-refractivity contribution < 1.29 is 18.9 Å². The lowest BCUT2D eigenvalue weighted by atomic mass is 10.1. The summed E-state index contributed by atoms with van der Waals surface area (Å²) in [7, 11) is 1.39. The van der Waals surface area contributed by atoms with Crippen LogP contribution >= 0.6 is 23.4 Å². The Morgan fingerprint density at radius 2 is 2.27 bits per heavy atom. The second kappa shape index (κ2) is 7.58. The molecule has 2 heterocycles. The van der Waals surface area contributed by atoms with Crippen molar-refractivity contribution in [3.63, 3.8) is 0 Å². The third-order valence-electron chi connectivity index (χ3n) is 3.28. The third kappa shape index (κ3) is 3.86. The summed E-state index contributed by atoms with van der Waals surface area (Å²) in [6.45, 7) is 0. The maximum Gasteiger partial charge on any atom is 0.291 e. The molecule has 2 aromatic rings. The van der Waals surface area contributed by atoms with Gasteiger partial charge in [-0.1, -0.05) is 23.4 Å². The number of rotatable bonds is 5. The number of carbonyl (C=O) groups is 1. The number of nitro benzene ring substituents is 1. The summed E-state index contributed by atoms with van der Waals surface area (Å²) in [6.07, 6.45) is 1.38. The molecule has 0 saturated carbocycles. The van der Waals surface area contributed by atoms with Crippen molar-refractivity contribution in [2.45, 2.75) is 0 Å². The highest BCUT2D eigenvalue weighted by Gasteiger charge is 2.20. The number of carbonyl (C=O) groups excluding carboxylic acids is 1. The van der Waals surface area contributed by atoms with E-state index in [4.69, 9.17) is 20.8 Å². The number of nitro groups is 1. The van der Waals surface area contributed by atoms with Gasteiger partial charge in [-0.25, -0.2) is 0 Å². The van der Waals surface area contributed by atoms with Crippen LogP contribution in [0, 0.1) is 10.1 Å². The molecule has 9 nitrogen and oxygen atoms in total. The molecule has 26 heavy (non-hydrogen) atoms. The van der Waals surface area contributed by atoms with E-state index in [1.165, 1.54) is 37.2 Å². The summed E-state index contributed by atoms with van der Waals surface area (Å²) in [4.78, 5) is 21.4. The monoisotopic (exact) mass is 394 g/mol. The number of ether oxygens (including phenoxy) is 1. The molecule has 0 radical (unpaired) electrons. The first-order valence-electron chi connectivity index (χ1n) is 7.13. The minimum absolute atomic E-state index is 0.0298. The molecule has 1 amide bonds.